The number of hydrogen-bond donors (Lipinski definition) is 1. The highest BCUT2D eigenvalue weighted by molar-refractivity contribution is 14.1. The van der Waals surface area contributed by atoms with E-state index in [0.717, 1.165) is 6.42 Å². The quantitative estimate of drug-likeness (QED) is 0.790. The molecule has 76 valence electrons. The van der Waals surface area contributed by atoms with E-state index in [1.807, 2.05) is 0 Å². The number of aliphatic hydroxyl groups excluding tert-OH is 1. The van der Waals surface area contributed by atoms with Crippen molar-refractivity contribution in [1.82, 2.24) is 0 Å². The molecule has 0 saturated heterocycles. The Morgan fingerprint density at radius 3 is 2.50 bits per heavy atom. The molecule has 0 heterocycles. The summed E-state index contributed by atoms with van der Waals surface area (Å²) in [6, 6.07) is 8.46. The zero-order valence-electron chi connectivity index (χ0n) is 8.50. The van der Waals surface area contributed by atoms with Crippen LogP contribution in [0.3, 0.4) is 0 Å². The van der Waals surface area contributed by atoms with Gasteiger partial charge in [-0.05, 0) is 52.0 Å². The van der Waals surface area contributed by atoms with E-state index in [2.05, 4.69) is 60.7 Å². The predicted octanol–water partition coefficient (Wildman–Crippen LogP) is 3.17. The molecule has 0 bridgehead atoms. The lowest BCUT2D eigenvalue weighted by molar-refractivity contribution is -0.0628. The Morgan fingerprint density at radius 2 is 2.00 bits per heavy atom. The minimum Gasteiger partial charge on any atom is -0.393 e. The molecule has 1 aromatic carbocycles. The zero-order valence-corrected chi connectivity index (χ0v) is 10.7. The van der Waals surface area contributed by atoms with Gasteiger partial charge >= 0.3 is 0 Å². The van der Waals surface area contributed by atoms with Crippen LogP contribution in [0, 0.1) is 8.99 Å². The van der Waals surface area contributed by atoms with Crippen molar-refractivity contribution < 1.29 is 5.11 Å². The normalized spacial score (nSPS) is 29.7. The Labute approximate surface area is 98.7 Å². The van der Waals surface area contributed by atoms with Crippen molar-refractivity contribution in [2.75, 3.05) is 0 Å². The molecule has 14 heavy (non-hydrogen) atoms. The largest absolute Gasteiger partial charge is 0.393 e. The van der Waals surface area contributed by atoms with E-state index >= 15 is 0 Å². The van der Waals surface area contributed by atoms with Gasteiger partial charge in [-0.2, -0.15) is 0 Å². The summed E-state index contributed by atoms with van der Waals surface area (Å²) < 4.78 is 1.31. The van der Waals surface area contributed by atoms with Crippen LogP contribution in [0.5, 0.6) is 0 Å². The lowest BCUT2D eigenvalue weighted by Gasteiger charge is -2.50. The number of rotatable bonds is 1. The third kappa shape index (κ3) is 1.48. The lowest BCUT2D eigenvalue weighted by atomic mass is 9.58. The third-order valence-corrected chi connectivity index (χ3v) is 4.48. The molecule has 0 spiro atoms. The minimum atomic E-state index is -0.136. The average Bonchev–Trinajstić information content (AvgIpc) is 2.16. The number of halogens is 1. The Hall–Kier alpha value is -0.0900. The molecule has 2 heteroatoms. The Morgan fingerprint density at radius 1 is 1.36 bits per heavy atom. The van der Waals surface area contributed by atoms with Crippen LogP contribution in [0.2, 0.25) is 0 Å². The summed E-state index contributed by atoms with van der Waals surface area (Å²) in [6.45, 7) is 4.30. The molecule has 1 aliphatic carbocycles. The second-order valence-corrected chi connectivity index (χ2v) is 5.81. The molecule has 1 aromatic rings. The Balaban J connectivity index is 2.30. The highest BCUT2D eigenvalue weighted by Crippen LogP contribution is 2.53. The zero-order chi connectivity index (χ0) is 10.3. The fourth-order valence-electron chi connectivity index (χ4n) is 2.19. The summed E-state index contributed by atoms with van der Waals surface area (Å²) in [6.07, 6.45) is 0.774. The molecule has 1 nitrogen and oxygen atoms in total. The van der Waals surface area contributed by atoms with Crippen molar-refractivity contribution in [3.05, 3.63) is 33.4 Å². The van der Waals surface area contributed by atoms with Gasteiger partial charge in [0.25, 0.3) is 0 Å². The topological polar surface area (TPSA) is 20.2 Å². The second kappa shape index (κ2) is 3.49. The second-order valence-electron chi connectivity index (χ2n) is 4.65. The van der Waals surface area contributed by atoms with Crippen molar-refractivity contribution in [2.45, 2.75) is 32.3 Å². The first-order valence-corrected chi connectivity index (χ1v) is 6.04. The monoisotopic (exact) mass is 302 g/mol. The maximum atomic E-state index is 9.70. The fraction of sp³-hybridized carbons (Fsp3) is 0.500. The molecule has 0 amide bonds. The van der Waals surface area contributed by atoms with E-state index in [0.29, 0.717) is 5.92 Å². The molecule has 1 saturated carbocycles. The lowest BCUT2D eigenvalue weighted by Crippen LogP contribution is -2.47. The molecule has 0 aromatic heterocycles. The summed E-state index contributed by atoms with van der Waals surface area (Å²) in [7, 11) is 0. The SMILES string of the molecule is CC1(C)C(O)CC1c1ccccc1I. The van der Waals surface area contributed by atoms with E-state index in [1.165, 1.54) is 9.13 Å². The van der Waals surface area contributed by atoms with Gasteiger partial charge in [0, 0.05) is 3.57 Å². The van der Waals surface area contributed by atoms with E-state index in [-0.39, 0.29) is 11.5 Å². The van der Waals surface area contributed by atoms with Crippen LogP contribution in [0.15, 0.2) is 24.3 Å². The first kappa shape index (κ1) is 10.4. The van der Waals surface area contributed by atoms with Gasteiger partial charge in [0.05, 0.1) is 6.10 Å². The molecule has 0 radical (unpaired) electrons. The number of aliphatic hydroxyl groups is 1. The van der Waals surface area contributed by atoms with Crippen LogP contribution in [-0.4, -0.2) is 11.2 Å². The van der Waals surface area contributed by atoms with Gasteiger partial charge in [-0.15, -0.1) is 0 Å². The first-order chi connectivity index (χ1) is 6.53. The minimum absolute atomic E-state index is 0.0429. The number of benzene rings is 1. The van der Waals surface area contributed by atoms with Crippen molar-refractivity contribution in [3.8, 4) is 0 Å². The smallest absolute Gasteiger partial charge is 0.0603 e. The van der Waals surface area contributed by atoms with Crippen molar-refractivity contribution in [3.63, 3.8) is 0 Å². The third-order valence-electron chi connectivity index (χ3n) is 3.50. The van der Waals surface area contributed by atoms with Crippen LogP contribution < -0.4 is 0 Å². The van der Waals surface area contributed by atoms with Gasteiger partial charge in [-0.1, -0.05) is 32.0 Å². The van der Waals surface area contributed by atoms with Crippen molar-refractivity contribution in [1.29, 1.82) is 0 Å². The van der Waals surface area contributed by atoms with Gasteiger partial charge in [-0.25, -0.2) is 0 Å². The maximum Gasteiger partial charge on any atom is 0.0603 e. The molecule has 1 aliphatic rings. The van der Waals surface area contributed by atoms with E-state index in [1.54, 1.807) is 0 Å². The van der Waals surface area contributed by atoms with Crippen LogP contribution in [0.25, 0.3) is 0 Å². The maximum absolute atomic E-state index is 9.70. The standard InChI is InChI=1S/C12H15IO/c1-12(2)9(7-11(12)14)8-5-3-4-6-10(8)13/h3-6,9,11,14H,7H2,1-2H3. The van der Waals surface area contributed by atoms with Gasteiger partial charge in [0.1, 0.15) is 0 Å². The Kier molecular flexibility index (Phi) is 2.60. The van der Waals surface area contributed by atoms with Crippen molar-refractivity contribution >= 4 is 22.6 Å². The van der Waals surface area contributed by atoms with Gasteiger partial charge in [0.15, 0.2) is 0 Å². The van der Waals surface area contributed by atoms with Crippen LogP contribution in [0.4, 0.5) is 0 Å². The van der Waals surface area contributed by atoms with Crippen molar-refractivity contribution in [2.24, 2.45) is 5.41 Å². The molecule has 1 N–H and O–H groups in total. The van der Waals surface area contributed by atoms with Crippen LogP contribution >= 0.6 is 22.6 Å². The van der Waals surface area contributed by atoms with E-state index in [9.17, 15) is 5.11 Å². The van der Waals surface area contributed by atoms with E-state index < -0.39 is 0 Å². The first-order valence-electron chi connectivity index (χ1n) is 4.96. The summed E-state index contributed by atoms with van der Waals surface area (Å²) >= 11 is 2.37. The summed E-state index contributed by atoms with van der Waals surface area (Å²) in [5.41, 5.74) is 1.43. The summed E-state index contributed by atoms with van der Waals surface area (Å²) in [5.74, 6) is 0.519. The molecule has 2 rings (SSSR count). The van der Waals surface area contributed by atoms with Crippen LogP contribution in [0.1, 0.15) is 31.7 Å². The Bertz CT molecular complexity index is 346. The molecule has 1 fully saturated rings. The van der Waals surface area contributed by atoms with E-state index in [4.69, 9.17) is 0 Å². The summed E-state index contributed by atoms with van der Waals surface area (Å²) in [5, 5.41) is 9.70. The number of hydrogen-bond acceptors (Lipinski definition) is 1. The fourth-order valence-corrected chi connectivity index (χ4v) is 2.95. The molecular weight excluding hydrogens is 287 g/mol. The van der Waals surface area contributed by atoms with Gasteiger partial charge in [-0.3, -0.25) is 0 Å². The van der Waals surface area contributed by atoms with Crippen LogP contribution in [-0.2, 0) is 0 Å². The van der Waals surface area contributed by atoms with Gasteiger partial charge < -0.3 is 5.11 Å². The molecule has 2 unspecified atom stereocenters. The highest BCUT2D eigenvalue weighted by atomic mass is 127. The molecule has 0 aliphatic heterocycles. The molecule has 2 atom stereocenters. The average molecular weight is 302 g/mol. The van der Waals surface area contributed by atoms with Gasteiger partial charge in [0.2, 0.25) is 0 Å². The molecular formula is C12H15IO. The predicted molar refractivity (Wildman–Crippen MR) is 66.3 cm³/mol. The highest BCUT2D eigenvalue weighted by Gasteiger charge is 2.48. The summed E-state index contributed by atoms with van der Waals surface area (Å²) in [4.78, 5) is 0.